The van der Waals surface area contributed by atoms with Gasteiger partial charge in [-0.2, -0.15) is 4.72 Å². The predicted octanol–water partition coefficient (Wildman–Crippen LogP) is 0.965. The Hall–Kier alpha value is -2.82. The van der Waals surface area contributed by atoms with Crippen molar-refractivity contribution in [1.82, 2.24) is 10.0 Å². The number of aliphatic hydroxyl groups is 1. The van der Waals surface area contributed by atoms with Crippen LogP contribution in [0, 0.1) is 6.92 Å². The molecule has 0 aliphatic carbocycles. The Kier molecular flexibility index (Phi) is 9.30. The molecule has 0 fully saturated rings. The molecular weight excluding hydrogens is 437 g/mol. The molecule has 32 heavy (non-hydrogen) atoms. The lowest BCUT2D eigenvalue weighted by Gasteiger charge is -2.25. The van der Waals surface area contributed by atoms with E-state index in [9.17, 15) is 27.5 Å². The van der Waals surface area contributed by atoms with Crippen LogP contribution in [-0.2, 0) is 26.0 Å². The van der Waals surface area contributed by atoms with Gasteiger partial charge in [0.1, 0.15) is 18.8 Å². The fourth-order valence-electron chi connectivity index (χ4n) is 3.06. The Morgan fingerprint density at radius 3 is 2.28 bits per heavy atom. The number of alkyl halides is 1. The minimum Gasteiger partial charge on any atom is -0.388 e. The summed E-state index contributed by atoms with van der Waals surface area (Å²) in [6, 6.07) is 12.5. The second-order valence-electron chi connectivity index (χ2n) is 7.52. The van der Waals surface area contributed by atoms with Crippen molar-refractivity contribution in [2.45, 2.75) is 49.3 Å². The number of carbonyl (C=O) groups is 2. The maximum absolute atomic E-state index is 13.1. The van der Waals surface area contributed by atoms with E-state index in [2.05, 4.69) is 10.0 Å². The van der Waals surface area contributed by atoms with Gasteiger partial charge in [-0.3, -0.25) is 9.59 Å². The molecule has 0 heterocycles. The van der Waals surface area contributed by atoms with E-state index in [1.165, 1.54) is 12.1 Å². The summed E-state index contributed by atoms with van der Waals surface area (Å²) in [6.07, 6.45) is -1.81. The highest BCUT2D eigenvalue weighted by Gasteiger charge is 2.30. The fourth-order valence-corrected chi connectivity index (χ4v) is 4.26. The number of nitrogens with one attached hydrogen (secondary N) is 2. The van der Waals surface area contributed by atoms with E-state index in [4.69, 9.17) is 5.73 Å². The molecule has 10 heteroatoms. The Balaban J connectivity index is 2.27. The average molecular weight is 466 g/mol. The third-order valence-corrected chi connectivity index (χ3v) is 6.37. The summed E-state index contributed by atoms with van der Waals surface area (Å²) < 4.78 is 41.2. The molecule has 0 spiro atoms. The average Bonchev–Trinajstić information content (AvgIpc) is 2.76. The molecular formula is C22H28FN3O5S. The number of hydrogen-bond donors (Lipinski definition) is 4. The van der Waals surface area contributed by atoms with Crippen LogP contribution in [0.1, 0.15) is 24.0 Å². The third kappa shape index (κ3) is 7.70. The van der Waals surface area contributed by atoms with Crippen LogP contribution in [0.4, 0.5) is 4.39 Å². The van der Waals surface area contributed by atoms with Crippen molar-refractivity contribution in [2.24, 2.45) is 5.73 Å². The van der Waals surface area contributed by atoms with E-state index in [1.807, 2.05) is 6.92 Å². The summed E-state index contributed by atoms with van der Waals surface area (Å²) in [5.74, 6) is -1.43. The SMILES string of the molecule is Cc1ccc(S(=O)(=O)N[C@@H](Cc2ccccc2)C(=O)NC(CCC(N)=O)C(O)CF)cc1. The van der Waals surface area contributed by atoms with E-state index in [-0.39, 0.29) is 24.2 Å². The number of halogens is 1. The molecule has 8 nitrogen and oxygen atoms in total. The Morgan fingerprint density at radius 2 is 1.72 bits per heavy atom. The summed E-state index contributed by atoms with van der Waals surface area (Å²) >= 11 is 0. The first-order valence-electron chi connectivity index (χ1n) is 10.1. The molecule has 2 rings (SSSR count). The first-order valence-corrected chi connectivity index (χ1v) is 11.6. The number of amides is 2. The molecule has 0 aliphatic rings. The molecule has 0 aliphatic heterocycles. The van der Waals surface area contributed by atoms with Gasteiger partial charge < -0.3 is 16.2 Å². The van der Waals surface area contributed by atoms with Crippen molar-refractivity contribution in [2.75, 3.05) is 6.67 Å². The molecule has 0 radical (unpaired) electrons. The summed E-state index contributed by atoms with van der Waals surface area (Å²) in [4.78, 5) is 24.1. The summed E-state index contributed by atoms with van der Waals surface area (Å²) in [5, 5.41) is 12.4. The molecule has 0 saturated heterocycles. The lowest BCUT2D eigenvalue weighted by atomic mass is 10.0. The van der Waals surface area contributed by atoms with Crippen LogP contribution in [-0.4, -0.2) is 50.2 Å². The van der Waals surface area contributed by atoms with Gasteiger partial charge >= 0.3 is 0 Å². The number of sulfonamides is 1. The largest absolute Gasteiger partial charge is 0.388 e. The second kappa shape index (κ2) is 11.7. The number of primary amides is 1. The van der Waals surface area contributed by atoms with Crippen molar-refractivity contribution >= 4 is 21.8 Å². The second-order valence-corrected chi connectivity index (χ2v) is 9.23. The van der Waals surface area contributed by atoms with Gasteiger partial charge in [0, 0.05) is 6.42 Å². The van der Waals surface area contributed by atoms with Crippen LogP contribution in [0.5, 0.6) is 0 Å². The van der Waals surface area contributed by atoms with Gasteiger partial charge in [-0.25, -0.2) is 12.8 Å². The molecule has 2 amide bonds. The molecule has 2 unspecified atom stereocenters. The summed E-state index contributed by atoms with van der Waals surface area (Å²) in [6.45, 7) is 0.667. The fraction of sp³-hybridized carbons (Fsp3) is 0.364. The van der Waals surface area contributed by atoms with Gasteiger partial charge in [0.2, 0.25) is 21.8 Å². The van der Waals surface area contributed by atoms with Gasteiger partial charge in [0.15, 0.2) is 0 Å². The highest BCUT2D eigenvalue weighted by Crippen LogP contribution is 2.13. The molecule has 174 valence electrons. The van der Waals surface area contributed by atoms with Crippen LogP contribution < -0.4 is 15.8 Å². The number of hydrogen-bond acceptors (Lipinski definition) is 5. The Labute approximate surface area is 187 Å². The van der Waals surface area contributed by atoms with Crippen LogP contribution >= 0.6 is 0 Å². The topological polar surface area (TPSA) is 139 Å². The number of aliphatic hydroxyl groups excluding tert-OH is 1. The number of aryl methyl sites for hydroxylation is 1. The molecule has 2 aromatic carbocycles. The number of rotatable bonds is 12. The van der Waals surface area contributed by atoms with Gasteiger partial charge in [0.05, 0.1) is 10.9 Å². The van der Waals surface area contributed by atoms with Crippen molar-refractivity contribution < 1.29 is 27.5 Å². The first-order chi connectivity index (χ1) is 15.1. The zero-order valence-corrected chi connectivity index (χ0v) is 18.5. The first kappa shape index (κ1) is 25.4. The molecule has 0 aromatic heterocycles. The number of nitrogens with two attached hydrogens (primary N) is 1. The maximum atomic E-state index is 13.1. The lowest BCUT2D eigenvalue weighted by Crippen LogP contribution is -2.53. The highest BCUT2D eigenvalue weighted by atomic mass is 32.2. The lowest BCUT2D eigenvalue weighted by molar-refractivity contribution is -0.125. The zero-order chi connectivity index (χ0) is 23.7. The minimum absolute atomic E-state index is 0.0111. The monoisotopic (exact) mass is 465 g/mol. The molecule has 0 bridgehead atoms. The van der Waals surface area contributed by atoms with E-state index in [1.54, 1.807) is 42.5 Å². The van der Waals surface area contributed by atoms with Crippen LogP contribution in [0.2, 0.25) is 0 Å². The van der Waals surface area contributed by atoms with E-state index in [0.29, 0.717) is 5.56 Å². The minimum atomic E-state index is -4.05. The third-order valence-electron chi connectivity index (χ3n) is 4.88. The van der Waals surface area contributed by atoms with E-state index in [0.717, 1.165) is 5.56 Å². The predicted molar refractivity (Wildman–Crippen MR) is 118 cm³/mol. The normalized spacial score (nSPS) is 14.3. The quantitative estimate of drug-likeness (QED) is 0.370. The Morgan fingerprint density at radius 1 is 1.09 bits per heavy atom. The van der Waals surface area contributed by atoms with Crippen LogP contribution in [0.3, 0.4) is 0 Å². The smallest absolute Gasteiger partial charge is 0.241 e. The zero-order valence-electron chi connectivity index (χ0n) is 17.7. The maximum Gasteiger partial charge on any atom is 0.241 e. The van der Waals surface area contributed by atoms with Gasteiger partial charge in [-0.15, -0.1) is 0 Å². The highest BCUT2D eigenvalue weighted by molar-refractivity contribution is 7.89. The molecule has 0 saturated carbocycles. The molecule has 5 N–H and O–H groups in total. The van der Waals surface area contributed by atoms with Crippen LogP contribution in [0.25, 0.3) is 0 Å². The van der Waals surface area contributed by atoms with Crippen molar-refractivity contribution in [3.05, 3.63) is 65.7 Å². The van der Waals surface area contributed by atoms with Crippen LogP contribution in [0.15, 0.2) is 59.5 Å². The van der Waals surface area contributed by atoms with Crippen molar-refractivity contribution in [1.29, 1.82) is 0 Å². The molecule has 2 aromatic rings. The molecule has 3 atom stereocenters. The number of benzene rings is 2. The Bertz CT molecular complexity index is 1000. The van der Waals surface area contributed by atoms with Gasteiger partial charge in [0.25, 0.3) is 0 Å². The summed E-state index contributed by atoms with van der Waals surface area (Å²) in [5.41, 5.74) is 6.68. The van der Waals surface area contributed by atoms with Crippen molar-refractivity contribution in [3.8, 4) is 0 Å². The summed E-state index contributed by atoms with van der Waals surface area (Å²) in [7, 11) is -4.05. The van der Waals surface area contributed by atoms with Gasteiger partial charge in [-0.05, 0) is 37.5 Å². The van der Waals surface area contributed by atoms with Gasteiger partial charge in [-0.1, -0.05) is 48.0 Å². The van der Waals surface area contributed by atoms with E-state index >= 15 is 0 Å². The van der Waals surface area contributed by atoms with E-state index < -0.39 is 46.7 Å². The standard InChI is InChI=1S/C22H28FN3O5S/c1-15-7-9-17(10-8-15)32(30,31)26-19(13-16-5-3-2-4-6-16)22(29)25-18(20(27)14-23)11-12-21(24)28/h2-10,18-20,26-27H,11-14H2,1H3,(H2,24,28)(H,25,29)/t18?,19-,20?/m0/s1. The van der Waals surface area contributed by atoms with Crippen molar-refractivity contribution in [3.63, 3.8) is 0 Å². The number of carbonyl (C=O) groups excluding carboxylic acids is 2.